The third-order valence-electron chi connectivity index (χ3n) is 2.77. The smallest absolute Gasteiger partial charge is 0.415 e. The summed E-state index contributed by atoms with van der Waals surface area (Å²) in [5.41, 5.74) is 0.661. The maximum absolute atomic E-state index is 12.3. The van der Waals surface area contributed by atoms with E-state index in [4.69, 9.17) is 16.3 Å². The molecule has 2 rings (SSSR count). The average Bonchev–Trinajstić information content (AvgIpc) is 2.40. The predicted octanol–water partition coefficient (Wildman–Crippen LogP) is 2.17. The van der Waals surface area contributed by atoms with Crippen LogP contribution < -0.4 is 10.2 Å². The number of fused-ring (bicyclic) bond motifs is 1. The normalized spacial score (nSPS) is 17.5. The molecule has 1 atom stereocenters. The van der Waals surface area contributed by atoms with Crippen LogP contribution in [0.5, 0.6) is 0 Å². The number of anilines is 2. The lowest BCUT2D eigenvalue weighted by Gasteiger charge is -2.35. The Labute approximate surface area is 131 Å². The summed E-state index contributed by atoms with van der Waals surface area (Å²) in [6.45, 7) is 3.48. The summed E-state index contributed by atoms with van der Waals surface area (Å²) in [6, 6.07) is -0.681. The second-order valence-corrected chi connectivity index (χ2v) is 5.93. The van der Waals surface area contributed by atoms with E-state index in [1.165, 1.54) is 22.9 Å². The number of amides is 2. The monoisotopic (exact) mass is 330 g/mol. The molecule has 0 bridgehead atoms. The van der Waals surface area contributed by atoms with Crippen LogP contribution in [0.25, 0.3) is 0 Å². The quantitative estimate of drug-likeness (QED) is 0.914. The molecule has 1 aromatic heterocycles. The number of carbonyl (C=O) groups excluding carboxylic acids is 2. The van der Waals surface area contributed by atoms with Gasteiger partial charge in [0.05, 0.1) is 18.0 Å². The first-order valence-electron chi connectivity index (χ1n) is 6.26. The van der Waals surface area contributed by atoms with Crippen molar-refractivity contribution in [2.75, 3.05) is 22.2 Å². The van der Waals surface area contributed by atoms with Gasteiger partial charge >= 0.3 is 6.09 Å². The van der Waals surface area contributed by atoms with Crippen LogP contribution in [0, 0.1) is 0 Å². The molecule has 21 heavy (non-hydrogen) atoms. The Balaban J connectivity index is 2.47. The molecule has 1 aliphatic heterocycles. The van der Waals surface area contributed by atoms with Gasteiger partial charge in [0.25, 0.3) is 0 Å². The average molecular weight is 331 g/mol. The van der Waals surface area contributed by atoms with Crippen LogP contribution >= 0.6 is 23.4 Å². The van der Waals surface area contributed by atoms with Gasteiger partial charge < -0.3 is 10.1 Å². The molecule has 0 saturated heterocycles. The van der Waals surface area contributed by atoms with E-state index in [1.54, 1.807) is 13.8 Å². The fraction of sp³-hybridized carbons (Fsp3) is 0.500. The van der Waals surface area contributed by atoms with E-state index >= 15 is 0 Å². The Morgan fingerprint density at radius 1 is 1.62 bits per heavy atom. The zero-order valence-corrected chi connectivity index (χ0v) is 13.4. The molecule has 0 radical (unpaired) electrons. The molecule has 2 amide bonds. The molecule has 114 valence electrons. The summed E-state index contributed by atoms with van der Waals surface area (Å²) in [6.07, 6.45) is 2.33. The maximum Gasteiger partial charge on any atom is 0.415 e. The molecule has 7 nitrogen and oxygen atoms in total. The lowest BCUT2D eigenvalue weighted by molar-refractivity contribution is -0.117. The van der Waals surface area contributed by atoms with Gasteiger partial charge in [0.1, 0.15) is 11.7 Å². The summed E-state index contributed by atoms with van der Waals surface area (Å²) in [5.74, 6) is 0.103. The van der Waals surface area contributed by atoms with Crippen LogP contribution in [0.15, 0.2) is 6.20 Å². The summed E-state index contributed by atoms with van der Waals surface area (Å²) in [5, 5.41) is 10.1. The number of ether oxygens (including phenoxy) is 1. The zero-order chi connectivity index (χ0) is 15.6. The minimum atomic E-state index is -0.681. The number of rotatable bonds is 3. The lowest BCUT2D eigenvalue weighted by atomic mass is 10.1. The molecular weight excluding hydrogens is 316 g/mol. The van der Waals surface area contributed by atoms with Gasteiger partial charge in [0, 0.05) is 5.75 Å². The number of nitrogens with zero attached hydrogens (tertiary/aromatic N) is 3. The van der Waals surface area contributed by atoms with Crippen molar-refractivity contribution in [3.05, 3.63) is 11.3 Å². The summed E-state index contributed by atoms with van der Waals surface area (Å²) >= 11 is 7.39. The van der Waals surface area contributed by atoms with Crippen molar-refractivity contribution in [2.24, 2.45) is 0 Å². The number of nitrogens with one attached hydrogen (secondary N) is 1. The van der Waals surface area contributed by atoms with E-state index in [0.717, 1.165) is 0 Å². The largest absolute Gasteiger partial charge is 0.446 e. The van der Waals surface area contributed by atoms with Gasteiger partial charge in [-0.05, 0) is 20.1 Å². The second-order valence-electron chi connectivity index (χ2n) is 4.66. The molecular formula is C12H15ClN4O3S. The van der Waals surface area contributed by atoms with Gasteiger partial charge in [-0.25, -0.2) is 4.79 Å². The Hall–Kier alpha value is -1.54. The highest BCUT2D eigenvalue weighted by Gasteiger charge is 2.39. The highest BCUT2D eigenvalue weighted by Crippen LogP contribution is 2.36. The molecule has 0 aromatic carbocycles. The first-order chi connectivity index (χ1) is 9.95. The molecule has 2 heterocycles. The van der Waals surface area contributed by atoms with Crippen molar-refractivity contribution >= 4 is 46.7 Å². The number of aromatic nitrogens is 2. The summed E-state index contributed by atoms with van der Waals surface area (Å²) < 4.78 is 5.22. The van der Waals surface area contributed by atoms with E-state index in [2.05, 4.69) is 15.5 Å². The topological polar surface area (TPSA) is 84.4 Å². The first-order valence-corrected chi connectivity index (χ1v) is 8.03. The first kappa shape index (κ1) is 15.8. The van der Waals surface area contributed by atoms with Crippen LogP contribution in [0.1, 0.15) is 13.8 Å². The zero-order valence-electron chi connectivity index (χ0n) is 11.8. The van der Waals surface area contributed by atoms with Crippen LogP contribution in [-0.2, 0) is 9.53 Å². The van der Waals surface area contributed by atoms with Crippen LogP contribution in [0.2, 0.25) is 5.15 Å². The highest BCUT2D eigenvalue weighted by atomic mass is 35.5. The van der Waals surface area contributed by atoms with Crippen LogP contribution in [0.4, 0.5) is 16.2 Å². The van der Waals surface area contributed by atoms with Crippen LogP contribution in [0.3, 0.4) is 0 Å². The Morgan fingerprint density at radius 2 is 2.33 bits per heavy atom. The van der Waals surface area contributed by atoms with E-state index in [0.29, 0.717) is 11.4 Å². The van der Waals surface area contributed by atoms with Crippen LogP contribution in [-0.4, -0.2) is 46.4 Å². The highest BCUT2D eigenvalue weighted by molar-refractivity contribution is 7.98. The summed E-state index contributed by atoms with van der Waals surface area (Å²) in [4.78, 5) is 25.8. The fourth-order valence-corrected chi connectivity index (χ4v) is 2.74. The van der Waals surface area contributed by atoms with E-state index < -0.39 is 12.1 Å². The minimum absolute atomic E-state index is 0.0331. The van der Waals surface area contributed by atoms with Gasteiger partial charge in [-0.1, -0.05) is 11.6 Å². The maximum atomic E-state index is 12.3. The molecule has 0 fully saturated rings. The third-order valence-corrected chi connectivity index (χ3v) is 3.68. The van der Waals surface area contributed by atoms with Crippen molar-refractivity contribution < 1.29 is 14.3 Å². The molecule has 1 unspecified atom stereocenters. The van der Waals surface area contributed by atoms with E-state index in [9.17, 15) is 9.59 Å². The van der Waals surface area contributed by atoms with Gasteiger partial charge in [-0.2, -0.15) is 16.9 Å². The van der Waals surface area contributed by atoms with E-state index in [-0.39, 0.29) is 22.9 Å². The van der Waals surface area contributed by atoms with Gasteiger partial charge in [0.2, 0.25) is 5.91 Å². The van der Waals surface area contributed by atoms with Gasteiger partial charge in [-0.3, -0.25) is 9.69 Å². The van der Waals surface area contributed by atoms with Crippen molar-refractivity contribution in [1.29, 1.82) is 0 Å². The Morgan fingerprint density at radius 3 is 2.95 bits per heavy atom. The molecule has 0 spiro atoms. The number of thioether (sulfide) groups is 1. The van der Waals surface area contributed by atoms with E-state index in [1.807, 2.05) is 6.26 Å². The predicted molar refractivity (Wildman–Crippen MR) is 81.9 cm³/mol. The minimum Gasteiger partial charge on any atom is -0.446 e. The Bertz CT molecular complexity index is 569. The van der Waals surface area contributed by atoms with Crippen molar-refractivity contribution in [2.45, 2.75) is 26.0 Å². The standard InChI is InChI=1S/C12H15ClN4O3S/c1-6(2)20-12(19)17-7-4-14-16-10(13)9(7)15-11(18)8(17)5-21-3/h4,6,8H,5H2,1-3H3,(H,15,18). The summed E-state index contributed by atoms with van der Waals surface area (Å²) in [7, 11) is 0. The molecule has 1 N–H and O–H groups in total. The molecule has 9 heteroatoms. The Kier molecular flexibility index (Phi) is 4.89. The molecule has 0 saturated carbocycles. The molecule has 0 aliphatic carbocycles. The lowest BCUT2D eigenvalue weighted by Crippen LogP contribution is -2.53. The number of hydrogen-bond donors (Lipinski definition) is 1. The molecule has 1 aliphatic rings. The van der Waals surface area contributed by atoms with Gasteiger partial charge in [0.15, 0.2) is 5.15 Å². The number of carbonyl (C=O) groups is 2. The SMILES string of the molecule is CSCC1C(=O)Nc2c(cnnc2Cl)N1C(=O)OC(C)C. The fourth-order valence-electron chi connectivity index (χ4n) is 1.94. The number of halogens is 1. The molecule has 1 aromatic rings. The van der Waals surface area contributed by atoms with Crippen molar-refractivity contribution in [3.63, 3.8) is 0 Å². The third kappa shape index (κ3) is 3.21. The number of hydrogen-bond acceptors (Lipinski definition) is 6. The van der Waals surface area contributed by atoms with Crippen molar-refractivity contribution in [3.8, 4) is 0 Å². The van der Waals surface area contributed by atoms with Gasteiger partial charge in [-0.15, -0.1) is 5.10 Å². The second kappa shape index (κ2) is 6.48. The van der Waals surface area contributed by atoms with Crippen molar-refractivity contribution in [1.82, 2.24) is 10.2 Å².